The van der Waals surface area contributed by atoms with Crippen molar-refractivity contribution in [2.24, 2.45) is 5.92 Å². The summed E-state index contributed by atoms with van der Waals surface area (Å²) in [6.07, 6.45) is 2.24. The Hall–Kier alpha value is -2.35. The van der Waals surface area contributed by atoms with Crippen molar-refractivity contribution >= 4 is 18.0 Å². The first-order chi connectivity index (χ1) is 12.3. The average Bonchev–Trinajstić information content (AvgIpc) is 2.63. The van der Waals surface area contributed by atoms with Crippen LogP contribution in [-0.2, 0) is 28.5 Å². The summed E-state index contributed by atoms with van der Waals surface area (Å²) in [5.41, 5.74) is -1.17. The molecule has 26 heavy (non-hydrogen) atoms. The first kappa shape index (κ1) is 23.6. The number of esters is 2. The van der Waals surface area contributed by atoms with Crippen molar-refractivity contribution in [3.05, 3.63) is 25.3 Å². The third kappa shape index (κ3) is 11.2. The van der Waals surface area contributed by atoms with Crippen LogP contribution in [-0.4, -0.2) is 56.6 Å². The Morgan fingerprint density at radius 1 is 1.04 bits per heavy atom. The van der Waals surface area contributed by atoms with Crippen LogP contribution in [0.4, 0.5) is 4.79 Å². The first-order valence-corrected chi connectivity index (χ1v) is 8.37. The van der Waals surface area contributed by atoms with E-state index in [9.17, 15) is 14.4 Å². The molecular weight excluding hydrogens is 342 g/mol. The van der Waals surface area contributed by atoms with E-state index in [0.717, 1.165) is 18.6 Å². The maximum absolute atomic E-state index is 11.9. The molecule has 0 aromatic heterocycles. The molecule has 0 aliphatic carbocycles. The van der Waals surface area contributed by atoms with E-state index < -0.39 is 23.6 Å². The van der Waals surface area contributed by atoms with Crippen molar-refractivity contribution < 1.29 is 33.3 Å². The normalized spacial score (nSPS) is 11.8. The number of carbonyl (C=O) groups is 3. The Morgan fingerprint density at radius 3 is 2.04 bits per heavy atom. The molecule has 0 aliphatic heterocycles. The van der Waals surface area contributed by atoms with Gasteiger partial charge in [-0.2, -0.15) is 0 Å². The molecule has 8 heteroatoms. The molecule has 0 spiro atoms. The van der Waals surface area contributed by atoms with Gasteiger partial charge in [-0.15, -0.1) is 0 Å². The fraction of sp³-hybridized carbons (Fsp3) is 0.611. The Balaban J connectivity index is 4.46. The number of hydrogen-bond donors (Lipinski definition) is 1. The number of amides is 1. The van der Waals surface area contributed by atoms with Gasteiger partial charge in [0.1, 0.15) is 25.4 Å². The van der Waals surface area contributed by atoms with E-state index in [1.54, 1.807) is 6.92 Å². The van der Waals surface area contributed by atoms with Crippen LogP contribution in [0.2, 0.25) is 0 Å². The van der Waals surface area contributed by atoms with Crippen LogP contribution in [0, 0.1) is 5.92 Å². The number of alkyl carbamates (subject to hydrolysis) is 1. The molecule has 0 radical (unpaired) electrons. The number of nitrogens with one attached hydrogen (secondary N) is 1. The minimum Gasteiger partial charge on any atom is -0.460 e. The van der Waals surface area contributed by atoms with E-state index >= 15 is 0 Å². The predicted octanol–water partition coefficient (Wildman–Crippen LogP) is 1.99. The van der Waals surface area contributed by atoms with Gasteiger partial charge in [0, 0.05) is 18.8 Å². The second-order valence-corrected chi connectivity index (χ2v) is 6.03. The molecule has 148 valence electrons. The molecule has 1 N–H and O–H groups in total. The van der Waals surface area contributed by atoms with E-state index in [1.165, 1.54) is 0 Å². The Kier molecular flexibility index (Phi) is 11.8. The van der Waals surface area contributed by atoms with Gasteiger partial charge in [0.25, 0.3) is 0 Å². The van der Waals surface area contributed by atoms with Gasteiger partial charge in [-0.3, -0.25) is 0 Å². The molecule has 0 bridgehead atoms. The molecule has 0 aromatic rings. The van der Waals surface area contributed by atoms with E-state index in [4.69, 9.17) is 18.9 Å². The molecule has 0 rings (SSSR count). The van der Waals surface area contributed by atoms with Gasteiger partial charge in [-0.1, -0.05) is 33.4 Å². The quantitative estimate of drug-likeness (QED) is 0.229. The molecule has 0 heterocycles. The minimum absolute atomic E-state index is 0.0667. The molecule has 0 aromatic carbocycles. The maximum Gasteiger partial charge on any atom is 0.407 e. The first-order valence-electron chi connectivity index (χ1n) is 8.37. The van der Waals surface area contributed by atoms with Gasteiger partial charge < -0.3 is 24.3 Å². The Morgan fingerprint density at radius 2 is 1.58 bits per heavy atom. The highest BCUT2D eigenvalue weighted by molar-refractivity contribution is 5.81. The van der Waals surface area contributed by atoms with Crippen molar-refractivity contribution in [2.45, 2.75) is 32.7 Å². The zero-order valence-electron chi connectivity index (χ0n) is 15.7. The molecule has 1 amide bonds. The monoisotopic (exact) mass is 371 g/mol. The summed E-state index contributed by atoms with van der Waals surface area (Å²) in [4.78, 5) is 34.4. The van der Waals surface area contributed by atoms with Crippen LogP contribution in [0.25, 0.3) is 0 Å². The second-order valence-electron chi connectivity index (χ2n) is 6.03. The van der Waals surface area contributed by atoms with Crippen LogP contribution in [0.5, 0.6) is 0 Å². The Labute approximate surface area is 154 Å². The largest absolute Gasteiger partial charge is 0.460 e. The van der Waals surface area contributed by atoms with E-state index in [2.05, 4.69) is 32.3 Å². The standard InChI is InChI=1S/C18H29NO7/c1-6-14(4)11-23-9-10-24-17(22)19-18(5,12-25-15(20)7-2)13-26-16(21)8-3/h7-8,14H,2-3,6,9-13H2,1,4-5H3,(H,19,22). The fourth-order valence-corrected chi connectivity index (χ4v) is 1.57. The summed E-state index contributed by atoms with van der Waals surface area (Å²) in [5.74, 6) is -0.897. The zero-order chi connectivity index (χ0) is 20.0. The van der Waals surface area contributed by atoms with Crippen LogP contribution in [0.1, 0.15) is 27.2 Å². The molecule has 1 atom stereocenters. The molecule has 0 saturated carbocycles. The molecule has 0 saturated heterocycles. The lowest BCUT2D eigenvalue weighted by molar-refractivity contribution is -0.144. The SMILES string of the molecule is C=CC(=O)OCC(C)(COC(=O)C=C)NC(=O)OCCOCC(C)CC. The van der Waals surface area contributed by atoms with Crippen LogP contribution in [0.15, 0.2) is 25.3 Å². The van der Waals surface area contributed by atoms with Gasteiger partial charge in [0.15, 0.2) is 0 Å². The van der Waals surface area contributed by atoms with E-state index in [1.807, 2.05) is 0 Å². The number of rotatable bonds is 13. The number of carbonyl (C=O) groups excluding carboxylic acids is 3. The van der Waals surface area contributed by atoms with E-state index in [0.29, 0.717) is 12.5 Å². The third-order valence-electron chi connectivity index (χ3n) is 3.36. The van der Waals surface area contributed by atoms with Crippen LogP contribution in [0.3, 0.4) is 0 Å². The summed E-state index contributed by atoms with van der Waals surface area (Å²) >= 11 is 0. The van der Waals surface area contributed by atoms with E-state index in [-0.39, 0.29) is 26.4 Å². The summed E-state index contributed by atoms with van der Waals surface area (Å²) in [7, 11) is 0. The Bertz CT molecular complexity index is 466. The summed E-state index contributed by atoms with van der Waals surface area (Å²) in [6, 6.07) is 0. The van der Waals surface area contributed by atoms with Crippen molar-refractivity contribution in [1.82, 2.24) is 5.32 Å². The number of ether oxygens (including phenoxy) is 4. The van der Waals surface area contributed by atoms with Crippen LogP contribution < -0.4 is 5.32 Å². The molecule has 1 unspecified atom stereocenters. The van der Waals surface area contributed by atoms with Crippen molar-refractivity contribution in [1.29, 1.82) is 0 Å². The van der Waals surface area contributed by atoms with Crippen LogP contribution >= 0.6 is 0 Å². The highest BCUT2D eigenvalue weighted by Gasteiger charge is 2.30. The zero-order valence-corrected chi connectivity index (χ0v) is 15.7. The van der Waals surface area contributed by atoms with Gasteiger partial charge in [0.05, 0.1) is 6.61 Å². The lowest BCUT2D eigenvalue weighted by atomic mass is 10.1. The minimum atomic E-state index is -1.17. The van der Waals surface area contributed by atoms with Gasteiger partial charge >= 0.3 is 18.0 Å². The fourth-order valence-electron chi connectivity index (χ4n) is 1.57. The van der Waals surface area contributed by atoms with Gasteiger partial charge in [0.2, 0.25) is 0 Å². The maximum atomic E-state index is 11.9. The summed E-state index contributed by atoms with van der Waals surface area (Å²) in [6.45, 7) is 12.7. The van der Waals surface area contributed by atoms with Crippen molar-refractivity contribution in [2.75, 3.05) is 33.0 Å². The molecule has 8 nitrogen and oxygen atoms in total. The molecular formula is C18H29NO7. The smallest absolute Gasteiger partial charge is 0.407 e. The van der Waals surface area contributed by atoms with Crippen molar-refractivity contribution in [3.63, 3.8) is 0 Å². The van der Waals surface area contributed by atoms with Crippen molar-refractivity contribution in [3.8, 4) is 0 Å². The average molecular weight is 371 g/mol. The molecule has 0 fully saturated rings. The topological polar surface area (TPSA) is 100 Å². The molecule has 0 aliphatic rings. The highest BCUT2D eigenvalue weighted by atomic mass is 16.6. The predicted molar refractivity (Wildman–Crippen MR) is 95.5 cm³/mol. The lowest BCUT2D eigenvalue weighted by Crippen LogP contribution is -2.53. The second kappa shape index (κ2) is 12.9. The third-order valence-corrected chi connectivity index (χ3v) is 3.36. The number of hydrogen-bond acceptors (Lipinski definition) is 7. The van der Waals surface area contributed by atoms with Gasteiger partial charge in [-0.25, -0.2) is 14.4 Å². The lowest BCUT2D eigenvalue weighted by Gasteiger charge is -2.29. The highest BCUT2D eigenvalue weighted by Crippen LogP contribution is 2.08. The summed E-state index contributed by atoms with van der Waals surface area (Å²) < 4.78 is 20.3. The summed E-state index contributed by atoms with van der Waals surface area (Å²) in [5, 5.41) is 2.52. The van der Waals surface area contributed by atoms with Gasteiger partial charge in [-0.05, 0) is 12.8 Å².